The first kappa shape index (κ1) is 12.1. The number of rotatable bonds is 3. The van der Waals surface area contributed by atoms with E-state index < -0.39 is 0 Å². The van der Waals surface area contributed by atoms with Gasteiger partial charge in [0.05, 0.1) is 0 Å². The molecule has 0 bridgehead atoms. The maximum Gasteiger partial charge on any atom is 0.226 e. The fourth-order valence-corrected chi connectivity index (χ4v) is 1.46. The molecule has 94 valence electrons. The van der Waals surface area contributed by atoms with Gasteiger partial charge in [-0.15, -0.1) is 0 Å². The number of nitrogens with one attached hydrogen (secondary N) is 1. The van der Waals surface area contributed by atoms with Gasteiger partial charge in [-0.05, 0) is 30.7 Å². The molecule has 0 aliphatic carbocycles. The average Bonchev–Trinajstić information content (AvgIpc) is 2.32. The summed E-state index contributed by atoms with van der Waals surface area (Å²) in [7, 11) is 1.72. The summed E-state index contributed by atoms with van der Waals surface area (Å²) in [4.78, 5) is 7.90. The highest BCUT2D eigenvalue weighted by Crippen LogP contribution is 2.25. The van der Waals surface area contributed by atoms with Crippen molar-refractivity contribution in [3.05, 3.63) is 35.6 Å². The Hall–Kier alpha value is -2.37. The van der Waals surface area contributed by atoms with Gasteiger partial charge in [0, 0.05) is 13.1 Å². The van der Waals surface area contributed by atoms with Gasteiger partial charge in [-0.1, -0.05) is 0 Å². The van der Waals surface area contributed by atoms with Gasteiger partial charge < -0.3 is 15.8 Å². The Morgan fingerprint density at radius 2 is 2.06 bits per heavy atom. The summed E-state index contributed by atoms with van der Waals surface area (Å²) in [5, 5.41) is 2.85. The molecule has 3 N–H and O–H groups in total. The van der Waals surface area contributed by atoms with Crippen molar-refractivity contribution in [1.29, 1.82) is 0 Å². The molecule has 2 rings (SSSR count). The van der Waals surface area contributed by atoms with Gasteiger partial charge in [-0.2, -0.15) is 9.97 Å². The van der Waals surface area contributed by atoms with E-state index in [1.807, 2.05) is 0 Å². The van der Waals surface area contributed by atoms with Gasteiger partial charge in [0.25, 0.3) is 0 Å². The third kappa shape index (κ3) is 2.65. The van der Waals surface area contributed by atoms with Crippen LogP contribution in [0.4, 0.5) is 16.2 Å². The van der Waals surface area contributed by atoms with E-state index in [4.69, 9.17) is 10.5 Å². The molecule has 2 aromatic rings. The minimum atomic E-state index is -0.307. The smallest absolute Gasteiger partial charge is 0.226 e. The second kappa shape index (κ2) is 4.87. The molecule has 1 aromatic carbocycles. The Morgan fingerprint density at radius 3 is 2.72 bits per heavy atom. The second-order valence-corrected chi connectivity index (χ2v) is 3.71. The lowest BCUT2D eigenvalue weighted by molar-refractivity contribution is 0.457. The van der Waals surface area contributed by atoms with Crippen LogP contribution < -0.4 is 15.8 Å². The van der Waals surface area contributed by atoms with E-state index in [1.54, 1.807) is 26.1 Å². The number of nitrogen functional groups attached to an aromatic ring is 1. The fraction of sp³-hybridized carbons (Fsp3) is 0.167. The Balaban J connectivity index is 2.30. The number of halogens is 1. The van der Waals surface area contributed by atoms with Crippen molar-refractivity contribution >= 4 is 11.8 Å². The first-order valence-electron chi connectivity index (χ1n) is 5.35. The lowest BCUT2D eigenvalue weighted by Crippen LogP contribution is -2.01. The van der Waals surface area contributed by atoms with E-state index in [-0.39, 0.29) is 11.8 Å². The SMILES string of the molecule is CNc1cc(Oc2ccc(F)cc2C)nc(N)n1. The number of hydrogen-bond donors (Lipinski definition) is 2. The van der Waals surface area contributed by atoms with Gasteiger partial charge in [0.2, 0.25) is 11.8 Å². The van der Waals surface area contributed by atoms with Crippen LogP contribution in [0.3, 0.4) is 0 Å². The molecule has 1 heterocycles. The summed E-state index contributed by atoms with van der Waals surface area (Å²) in [6.45, 7) is 1.75. The zero-order valence-electron chi connectivity index (χ0n) is 10.1. The van der Waals surface area contributed by atoms with Crippen LogP contribution >= 0.6 is 0 Å². The number of aromatic nitrogens is 2. The van der Waals surface area contributed by atoms with Gasteiger partial charge in [-0.25, -0.2) is 4.39 Å². The topological polar surface area (TPSA) is 73.1 Å². The van der Waals surface area contributed by atoms with Gasteiger partial charge in [0.1, 0.15) is 17.4 Å². The molecule has 0 spiro atoms. The highest BCUT2D eigenvalue weighted by molar-refractivity contribution is 5.44. The molecule has 0 unspecified atom stereocenters. The van der Waals surface area contributed by atoms with Gasteiger partial charge in [0.15, 0.2) is 0 Å². The molecular formula is C12H13FN4O. The summed E-state index contributed by atoms with van der Waals surface area (Å²) >= 11 is 0. The molecule has 18 heavy (non-hydrogen) atoms. The lowest BCUT2D eigenvalue weighted by Gasteiger charge is -2.09. The van der Waals surface area contributed by atoms with Crippen LogP contribution in [0.2, 0.25) is 0 Å². The van der Waals surface area contributed by atoms with E-state index in [9.17, 15) is 4.39 Å². The maximum absolute atomic E-state index is 13.0. The second-order valence-electron chi connectivity index (χ2n) is 3.71. The van der Waals surface area contributed by atoms with Crippen molar-refractivity contribution in [2.75, 3.05) is 18.1 Å². The van der Waals surface area contributed by atoms with E-state index >= 15 is 0 Å². The highest BCUT2D eigenvalue weighted by atomic mass is 19.1. The third-order valence-corrected chi connectivity index (χ3v) is 2.33. The van der Waals surface area contributed by atoms with Crippen molar-refractivity contribution in [3.63, 3.8) is 0 Å². The summed E-state index contributed by atoms with van der Waals surface area (Å²) in [6.07, 6.45) is 0. The average molecular weight is 248 g/mol. The molecule has 0 radical (unpaired) electrons. The van der Waals surface area contributed by atoms with Crippen LogP contribution in [0, 0.1) is 12.7 Å². The largest absolute Gasteiger partial charge is 0.438 e. The molecule has 0 aliphatic rings. The monoisotopic (exact) mass is 248 g/mol. The molecule has 0 amide bonds. The predicted molar refractivity (Wildman–Crippen MR) is 67.2 cm³/mol. The van der Waals surface area contributed by atoms with Crippen molar-refractivity contribution < 1.29 is 9.13 Å². The molecule has 0 aliphatic heterocycles. The number of benzene rings is 1. The molecule has 0 fully saturated rings. The maximum atomic E-state index is 13.0. The standard InChI is InChI=1S/C12H13FN4O/c1-7-5-8(13)3-4-9(7)18-11-6-10(15-2)16-12(14)17-11/h3-6H,1-2H3,(H3,14,15,16,17). The summed E-state index contributed by atoms with van der Waals surface area (Å²) in [6, 6.07) is 5.87. The van der Waals surface area contributed by atoms with Crippen molar-refractivity contribution in [2.24, 2.45) is 0 Å². The Morgan fingerprint density at radius 1 is 1.28 bits per heavy atom. The molecule has 0 atom stereocenters. The summed E-state index contributed by atoms with van der Waals surface area (Å²) in [5.74, 6) is 1.19. The highest BCUT2D eigenvalue weighted by Gasteiger charge is 2.06. The number of nitrogens with two attached hydrogens (primary N) is 1. The first-order valence-corrected chi connectivity index (χ1v) is 5.35. The number of hydrogen-bond acceptors (Lipinski definition) is 5. The molecule has 5 nitrogen and oxygen atoms in total. The predicted octanol–water partition coefficient (Wildman–Crippen LogP) is 2.34. The Kier molecular flexibility index (Phi) is 3.27. The molecular weight excluding hydrogens is 235 g/mol. The number of aryl methyl sites for hydroxylation is 1. The van der Waals surface area contributed by atoms with Crippen molar-refractivity contribution in [1.82, 2.24) is 9.97 Å². The van der Waals surface area contributed by atoms with Crippen LogP contribution in [0.5, 0.6) is 11.6 Å². The molecule has 1 aromatic heterocycles. The van der Waals surface area contributed by atoms with Crippen LogP contribution in [-0.4, -0.2) is 17.0 Å². The third-order valence-electron chi connectivity index (χ3n) is 2.33. The quantitative estimate of drug-likeness (QED) is 0.872. The number of anilines is 2. The number of ether oxygens (including phenoxy) is 1. The first-order chi connectivity index (χ1) is 8.58. The number of nitrogens with zero attached hydrogens (tertiary/aromatic N) is 2. The van der Waals surface area contributed by atoms with Crippen LogP contribution in [0.25, 0.3) is 0 Å². The normalized spacial score (nSPS) is 10.2. The van der Waals surface area contributed by atoms with E-state index in [2.05, 4.69) is 15.3 Å². The van der Waals surface area contributed by atoms with Gasteiger partial charge >= 0.3 is 0 Å². The lowest BCUT2D eigenvalue weighted by atomic mass is 10.2. The van der Waals surface area contributed by atoms with E-state index in [1.165, 1.54) is 12.1 Å². The summed E-state index contributed by atoms with van der Waals surface area (Å²) < 4.78 is 18.5. The van der Waals surface area contributed by atoms with Crippen molar-refractivity contribution in [3.8, 4) is 11.6 Å². The van der Waals surface area contributed by atoms with Crippen LogP contribution in [-0.2, 0) is 0 Å². The van der Waals surface area contributed by atoms with E-state index in [0.29, 0.717) is 23.0 Å². The minimum absolute atomic E-state index is 0.108. The van der Waals surface area contributed by atoms with E-state index in [0.717, 1.165) is 0 Å². The Bertz CT molecular complexity index is 574. The zero-order valence-corrected chi connectivity index (χ0v) is 10.1. The van der Waals surface area contributed by atoms with Crippen LogP contribution in [0.15, 0.2) is 24.3 Å². The zero-order chi connectivity index (χ0) is 13.1. The fourth-order valence-electron chi connectivity index (χ4n) is 1.46. The molecule has 0 saturated carbocycles. The molecule has 6 heteroatoms. The van der Waals surface area contributed by atoms with Crippen LogP contribution in [0.1, 0.15) is 5.56 Å². The summed E-state index contributed by atoms with van der Waals surface area (Å²) in [5.41, 5.74) is 6.23. The van der Waals surface area contributed by atoms with Gasteiger partial charge in [-0.3, -0.25) is 0 Å². The minimum Gasteiger partial charge on any atom is -0.438 e. The van der Waals surface area contributed by atoms with Crippen molar-refractivity contribution in [2.45, 2.75) is 6.92 Å². The molecule has 0 saturated heterocycles. The Labute approximate surface area is 104 Å².